The summed E-state index contributed by atoms with van der Waals surface area (Å²) in [4.78, 5) is 37.6. The van der Waals surface area contributed by atoms with Crippen molar-refractivity contribution < 1.29 is 14.4 Å². The van der Waals surface area contributed by atoms with Gasteiger partial charge in [-0.15, -0.1) is 5.10 Å². The van der Waals surface area contributed by atoms with Crippen molar-refractivity contribution in [2.24, 2.45) is 0 Å². The molecule has 1 atom stereocenters. The monoisotopic (exact) mass is 347 g/mol. The van der Waals surface area contributed by atoms with Gasteiger partial charge < -0.3 is 4.90 Å². The molecule has 4 rings (SSSR count). The largest absolute Gasteiger partial charge is 0.322 e. The molecule has 1 saturated heterocycles. The van der Waals surface area contributed by atoms with Gasteiger partial charge in [0.25, 0.3) is 5.91 Å². The van der Waals surface area contributed by atoms with Crippen LogP contribution in [0, 0.1) is 11.3 Å². The van der Waals surface area contributed by atoms with Crippen molar-refractivity contribution in [3.05, 3.63) is 47.2 Å². The highest BCUT2D eigenvalue weighted by molar-refractivity contribution is 6.05. The molecule has 2 aliphatic heterocycles. The van der Waals surface area contributed by atoms with E-state index in [2.05, 4.69) is 21.6 Å². The first kappa shape index (κ1) is 15.9. The number of rotatable bonds is 2. The van der Waals surface area contributed by atoms with E-state index in [1.807, 2.05) is 0 Å². The fraction of sp³-hybridized carbons (Fsp3) is 0.222. The lowest BCUT2D eigenvalue weighted by Crippen LogP contribution is -2.52. The zero-order valence-electron chi connectivity index (χ0n) is 13.6. The number of amides is 3. The van der Waals surface area contributed by atoms with E-state index in [1.165, 1.54) is 11.1 Å². The van der Waals surface area contributed by atoms with Gasteiger partial charge in [-0.1, -0.05) is 6.07 Å². The zero-order valence-corrected chi connectivity index (χ0v) is 13.6. The number of piperidine rings is 1. The third kappa shape index (κ3) is 2.50. The molecule has 2 aromatic rings. The van der Waals surface area contributed by atoms with Crippen LogP contribution in [-0.2, 0) is 16.1 Å². The van der Waals surface area contributed by atoms with E-state index in [0.29, 0.717) is 28.8 Å². The van der Waals surface area contributed by atoms with Gasteiger partial charge in [0.15, 0.2) is 0 Å². The summed E-state index contributed by atoms with van der Waals surface area (Å²) in [5.74, 6) is -0.992. The Bertz CT molecular complexity index is 995. The van der Waals surface area contributed by atoms with Gasteiger partial charge in [-0.2, -0.15) is 10.4 Å². The summed E-state index contributed by atoms with van der Waals surface area (Å²) in [6.07, 6.45) is 1.98. The molecule has 1 fully saturated rings. The predicted octanol–water partition coefficient (Wildman–Crippen LogP) is 0.776. The van der Waals surface area contributed by atoms with Gasteiger partial charge in [-0.05, 0) is 30.2 Å². The maximum atomic E-state index is 12.7. The highest BCUT2D eigenvalue weighted by atomic mass is 16.2. The number of nitrogens with zero attached hydrogens (tertiary/aromatic N) is 4. The third-order valence-electron chi connectivity index (χ3n) is 4.64. The number of nitrogens with one attached hydrogen (secondary N) is 1. The average Bonchev–Trinajstić information content (AvgIpc) is 2.97. The molecule has 0 radical (unpaired) electrons. The Kier molecular flexibility index (Phi) is 3.69. The number of hydrogen-bond acceptors (Lipinski definition) is 6. The number of hydrogen-bond donors (Lipinski definition) is 1. The molecular formula is C18H13N5O3. The lowest BCUT2D eigenvalue weighted by molar-refractivity contribution is -0.136. The van der Waals surface area contributed by atoms with Crippen LogP contribution in [0.1, 0.15) is 34.3 Å². The SMILES string of the molecule is N#Cc1ccnnc1-c1ccc2c(c1)CN(C1CCC(=O)NC1=O)C2=O. The van der Waals surface area contributed by atoms with E-state index in [9.17, 15) is 19.6 Å². The third-order valence-corrected chi connectivity index (χ3v) is 4.64. The minimum Gasteiger partial charge on any atom is -0.322 e. The molecule has 0 spiro atoms. The van der Waals surface area contributed by atoms with Crippen LogP contribution in [0.3, 0.4) is 0 Å². The standard InChI is InChI=1S/C18H13N5O3/c19-8-11-5-6-20-22-16(11)10-1-2-13-12(7-10)9-23(18(13)26)14-3-4-15(24)21-17(14)25/h1-2,5-7,14H,3-4,9H2,(H,21,24,25). The second-order valence-corrected chi connectivity index (χ2v) is 6.18. The van der Waals surface area contributed by atoms with Crippen molar-refractivity contribution in [3.63, 3.8) is 0 Å². The van der Waals surface area contributed by atoms with Crippen LogP contribution in [0.5, 0.6) is 0 Å². The van der Waals surface area contributed by atoms with Crippen molar-refractivity contribution in [2.45, 2.75) is 25.4 Å². The van der Waals surface area contributed by atoms with Crippen LogP contribution in [0.2, 0.25) is 0 Å². The molecule has 1 aromatic carbocycles. The highest BCUT2D eigenvalue weighted by Gasteiger charge is 2.39. The summed E-state index contributed by atoms with van der Waals surface area (Å²) >= 11 is 0. The quantitative estimate of drug-likeness (QED) is 0.803. The Morgan fingerprint density at radius 1 is 1.23 bits per heavy atom. The molecule has 1 aromatic heterocycles. The summed E-state index contributed by atoms with van der Waals surface area (Å²) in [6, 6.07) is 8.19. The minimum atomic E-state index is -0.651. The Morgan fingerprint density at radius 2 is 2.08 bits per heavy atom. The second-order valence-electron chi connectivity index (χ2n) is 6.18. The van der Waals surface area contributed by atoms with Crippen LogP contribution in [0.4, 0.5) is 0 Å². The van der Waals surface area contributed by atoms with E-state index < -0.39 is 11.9 Å². The van der Waals surface area contributed by atoms with Gasteiger partial charge in [-0.25, -0.2) is 0 Å². The Morgan fingerprint density at radius 3 is 2.85 bits per heavy atom. The molecule has 2 aliphatic rings. The molecular weight excluding hydrogens is 334 g/mol. The van der Waals surface area contributed by atoms with E-state index in [4.69, 9.17) is 0 Å². The van der Waals surface area contributed by atoms with E-state index in [1.54, 1.807) is 24.3 Å². The Hall–Kier alpha value is -3.60. The number of aromatic nitrogens is 2. The lowest BCUT2D eigenvalue weighted by Gasteiger charge is -2.29. The first-order valence-corrected chi connectivity index (χ1v) is 8.08. The number of imide groups is 1. The average molecular weight is 347 g/mol. The van der Waals surface area contributed by atoms with Crippen LogP contribution in [-0.4, -0.2) is 38.9 Å². The maximum Gasteiger partial charge on any atom is 0.255 e. The van der Waals surface area contributed by atoms with Crippen LogP contribution < -0.4 is 5.32 Å². The topological polar surface area (TPSA) is 116 Å². The molecule has 1 unspecified atom stereocenters. The van der Waals surface area contributed by atoms with E-state index in [-0.39, 0.29) is 24.8 Å². The molecule has 0 bridgehead atoms. The van der Waals surface area contributed by atoms with Crippen molar-refractivity contribution in [3.8, 4) is 17.3 Å². The first-order chi connectivity index (χ1) is 12.6. The highest BCUT2D eigenvalue weighted by Crippen LogP contribution is 2.31. The molecule has 0 aliphatic carbocycles. The lowest BCUT2D eigenvalue weighted by atomic mass is 10.0. The Balaban J connectivity index is 1.66. The molecule has 3 heterocycles. The molecule has 3 amide bonds. The predicted molar refractivity (Wildman–Crippen MR) is 88.2 cm³/mol. The molecule has 0 saturated carbocycles. The fourth-order valence-electron chi connectivity index (χ4n) is 3.36. The number of carbonyl (C=O) groups is 3. The normalized spacial score (nSPS) is 19.1. The maximum absolute atomic E-state index is 12.7. The first-order valence-electron chi connectivity index (χ1n) is 8.08. The van der Waals surface area contributed by atoms with E-state index >= 15 is 0 Å². The minimum absolute atomic E-state index is 0.215. The van der Waals surface area contributed by atoms with Crippen LogP contribution >= 0.6 is 0 Å². The molecule has 128 valence electrons. The number of benzene rings is 1. The summed E-state index contributed by atoms with van der Waals surface area (Å²) in [7, 11) is 0. The second kappa shape index (κ2) is 6.04. The molecule has 8 heteroatoms. The smallest absolute Gasteiger partial charge is 0.255 e. The van der Waals surface area contributed by atoms with E-state index in [0.717, 1.165) is 5.56 Å². The van der Waals surface area contributed by atoms with Crippen LogP contribution in [0.15, 0.2) is 30.5 Å². The van der Waals surface area contributed by atoms with Crippen LogP contribution in [0.25, 0.3) is 11.3 Å². The van der Waals surface area contributed by atoms with Crippen molar-refractivity contribution in [2.75, 3.05) is 0 Å². The summed E-state index contributed by atoms with van der Waals surface area (Å²) in [5.41, 5.74) is 2.80. The molecule has 1 N–H and O–H groups in total. The zero-order chi connectivity index (χ0) is 18.3. The molecule has 8 nitrogen and oxygen atoms in total. The summed E-state index contributed by atoms with van der Waals surface area (Å²) in [6.45, 7) is 0.274. The number of nitriles is 1. The Labute approximate surface area is 148 Å². The summed E-state index contributed by atoms with van der Waals surface area (Å²) in [5, 5.41) is 19.3. The van der Waals surface area contributed by atoms with Gasteiger partial charge in [-0.3, -0.25) is 19.7 Å². The van der Waals surface area contributed by atoms with Gasteiger partial charge in [0.1, 0.15) is 17.8 Å². The fourth-order valence-corrected chi connectivity index (χ4v) is 3.36. The number of carbonyl (C=O) groups excluding carboxylic acids is 3. The number of fused-ring (bicyclic) bond motifs is 1. The summed E-state index contributed by atoms with van der Waals surface area (Å²) < 4.78 is 0. The molecule has 26 heavy (non-hydrogen) atoms. The van der Waals surface area contributed by atoms with Gasteiger partial charge in [0.2, 0.25) is 11.8 Å². The van der Waals surface area contributed by atoms with Crippen molar-refractivity contribution in [1.29, 1.82) is 5.26 Å². The van der Waals surface area contributed by atoms with Gasteiger partial charge in [0, 0.05) is 24.1 Å². The van der Waals surface area contributed by atoms with Crippen molar-refractivity contribution in [1.82, 2.24) is 20.4 Å². The van der Waals surface area contributed by atoms with Gasteiger partial charge >= 0.3 is 0 Å². The van der Waals surface area contributed by atoms with Gasteiger partial charge in [0.05, 0.1) is 11.8 Å². The van der Waals surface area contributed by atoms with Crippen molar-refractivity contribution >= 4 is 17.7 Å².